The molecule has 0 aliphatic heterocycles. The highest BCUT2D eigenvalue weighted by Crippen LogP contribution is 2.03. The monoisotopic (exact) mass is 178 g/mol. The van der Waals surface area contributed by atoms with Crippen LogP contribution in [0.15, 0.2) is 0 Å². The van der Waals surface area contributed by atoms with Crippen LogP contribution in [0.3, 0.4) is 0 Å². The number of hydroxylamine groups is 2. The SMILES string of the molecule is CCSC(=O)ON(C)[C]=S. The fraction of sp³-hybridized carbons (Fsp3) is 0.600. The minimum Gasteiger partial charge on any atom is -0.329 e. The second kappa shape index (κ2) is 5.49. The Labute approximate surface area is 69.7 Å². The molecule has 0 aliphatic carbocycles. The van der Waals surface area contributed by atoms with Gasteiger partial charge < -0.3 is 4.84 Å². The second-order valence-corrected chi connectivity index (χ2v) is 2.74. The molecule has 57 valence electrons. The Bertz CT molecular complexity index is 129. The van der Waals surface area contributed by atoms with Crippen LogP contribution in [0, 0.1) is 0 Å². The van der Waals surface area contributed by atoms with E-state index in [0.29, 0.717) is 5.75 Å². The molecule has 1 radical (unpaired) electrons. The van der Waals surface area contributed by atoms with E-state index in [1.807, 2.05) is 6.92 Å². The van der Waals surface area contributed by atoms with Gasteiger partial charge in [0.05, 0.1) is 0 Å². The zero-order valence-electron chi connectivity index (χ0n) is 5.79. The maximum Gasteiger partial charge on any atom is 0.391 e. The van der Waals surface area contributed by atoms with Crippen LogP contribution in [0.1, 0.15) is 6.92 Å². The standard InChI is InChI=1S/C5H8NO2S2/c1-3-10-5(7)8-6(2)4-9/h3H2,1-2H3. The first-order valence-electron chi connectivity index (χ1n) is 2.67. The molecule has 3 nitrogen and oxygen atoms in total. The molecule has 0 aromatic rings. The van der Waals surface area contributed by atoms with Gasteiger partial charge in [0.15, 0.2) is 5.49 Å². The van der Waals surface area contributed by atoms with Crippen LogP contribution < -0.4 is 0 Å². The van der Waals surface area contributed by atoms with Crippen molar-refractivity contribution in [1.82, 2.24) is 5.06 Å². The summed E-state index contributed by atoms with van der Waals surface area (Å²) in [5.74, 6) is 0.699. The number of nitrogens with zero attached hydrogens (tertiary/aromatic N) is 1. The molecule has 0 amide bonds. The van der Waals surface area contributed by atoms with Gasteiger partial charge in [-0.1, -0.05) is 19.1 Å². The molecule has 0 unspecified atom stereocenters. The summed E-state index contributed by atoms with van der Waals surface area (Å²) in [5, 5.41) is 0.711. The molecule has 0 saturated carbocycles. The van der Waals surface area contributed by atoms with Crippen LogP contribution >= 0.6 is 24.0 Å². The molecule has 0 rings (SSSR count). The van der Waals surface area contributed by atoms with Gasteiger partial charge in [0.25, 0.3) is 0 Å². The second-order valence-electron chi connectivity index (χ2n) is 1.36. The Kier molecular flexibility index (Phi) is 5.33. The number of hydrogen-bond donors (Lipinski definition) is 0. The summed E-state index contributed by atoms with van der Waals surface area (Å²) in [5.41, 5.74) is 2.21. The molecule has 0 saturated heterocycles. The number of carbonyl (C=O) groups is 1. The van der Waals surface area contributed by atoms with E-state index < -0.39 is 0 Å². The van der Waals surface area contributed by atoms with Crippen LogP contribution in [-0.2, 0) is 4.84 Å². The molecule has 0 aliphatic rings. The molecular formula is C5H8NO2S2. The van der Waals surface area contributed by atoms with Gasteiger partial charge >= 0.3 is 5.30 Å². The fourth-order valence-corrected chi connectivity index (χ4v) is 0.712. The normalized spacial score (nSPS) is 8.60. The van der Waals surface area contributed by atoms with Crippen LogP contribution in [0.5, 0.6) is 0 Å². The van der Waals surface area contributed by atoms with Crippen LogP contribution in [0.25, 0.3) is 0 Å². The third-order valence-corrected chi connectivity index (χ3v) is 1.46. The lowest BCUT2D eigenvalue weighted by Crippen LogP contribution is -2.17. The van der Waals surface area contributed by atoms with Gasteiger partial charge in [-0.25, -0.2) is 4.79 Å². The average molecular weight is 178 g/mol. The highest BCUT2D eigenvalue weighted by atomic mass is 32.2. The Hall–Kier alpha value is -0.290. The summed E-state index contributed by atoms with van der Waals surface area (Å²) in [7, 11) is 1.52. The van der Waals surface area contributed by atoms with Crippen molar-refractivity contribution in [2.24, 2.45) is 0 Å². The molecule has 0 aromatic carbocycles. The predicted molar refractivity (Wildman–Crippen MR) is 45.0 cm³/mol. The lowest BCUT2D eigenvalue weighted by atomic mass is 11.0. The topological polar surface area (TPSA) is 29.5 Å². The minimum absolute atomic E-state index is 0.359. The molecule has 5 heteroatoms. The number of thioether (sulfide) groups is 1. The highest BCUT2D eigenvalue weighted by molar-refractivity contribution is 8.13. The van der Waals surface area contributed by atoms with Crippen LogP contribution in [-0.4, -0.2) is 28.7 Å². The van der Waals surface area contributed by atoms with E-state index in [9.17, 15) is 4.79 Å². The van der Waals surface area contributed by atoms with Crippen molar-refractivity contribution in [3.05, 3.63) is 0 Å². The largest absolute Gasteiger partial charge is 0.391 e. The maximum absolute atomic E-state index is 10.6. The predicted octanol–water partition coefficient (Wildman–Crippen LogP) is 1.56. The Morgan fingerprint density at radius 3 is 2.90 bits per heavy atom. The highest BCUT2D eigenvalue weighted by Gasteiger charge is 2.03. The number of thiocarbonyl (C=S) groups is 1. The maximum atomic E-state index is 10.6. The van der Waals surface area contributed by atoms with E-state index in [4.69, 9.17) is 0 Å². The lowest BCUT2D eigenvalue weighted by Gasteiger charge is -2.08. The van der Waals surface area contributed by atoms with Crippen molar-refractivity contribution < 1.29 is 9.63 Å². The van der Waals surface area contributed by atoms with Gasteiger partial charge in [0.2, 0.25) is 0 Å². The zero-order valence-corrected chi connectivity index (χ0v) is 7.42. The lowest BCUT2D eigenvalue weighted by molar-refractivity contribution is 0.0108. The number of carbonyl (C=O) groups excluding carboxylic acids is 1. The Balaban J connectivity index is 3.46. The first-order valence-corrected chi connectivity index (χ1v) is 4.06. The minimum atomic E-state index is -0.359. The summed E-state index contributed by atoms with van der Waals surface area (Å²) >= 11 is 5.45. The summed E-state index contributed by atoms with van der Waals surface area (Å²) in [4.78, 5) is 15.2. The van der Waals surface area contributed by atoms with E-state index in [1.54, 1.807) is 0 Å². The van der Waals surface area contributed by atoms with Gasteiger partial charge in [-0.3, -0.25) is 0 Å². The van der Waals surface area contributed by atoms with Crippen molar-refractivity contribution in [2.45, 2.75) is 6.92 Å². The van der Waals surface area contributed by atoms with Crippen molar-refractivity contribution in [2.75, 3.05) is 12.8 Å². The first-order chi connectivity index (χ1) is 4.70. The number of rotatable bonds is 3. The van der Waals surface area contributed by atoms with E-state index in [2.05, 4.69) is 22.5 Å². The molecule has 0 bridgehead atoms. The quantitative estimate of drug-likeness (QED) is 0.371. The third-order valence-electron chi connectivity index (χ3n) is 0.602. The number of hydrogen-bond acceptors (Lipinski definition) is 4. The van der Waals surface area contributed by atoms with Gasteiger partial charge in [0.1, 0.15) is 0 Å². The summed E-state index contributed by atoms with van der Waals surface area (Å²) in [6.45, 7) is 1.87. The van der Waals surface area contributed by atoms with Gasteiger partial charge in [-0.05, 0) is 11.8 Å². The molecule has 0 aromatic heterocycles. The van der Waals surface area contributed by atoms with Crippen molar-refractivity contribution in [3.63, 3.8) is 0 Å². The molecule has 0 atom stereocenters. The first kappa shape index (κ1) is 9.71. The summed E-state index contributed by atoms with van der Waals surface area (Å²) in [6, 6.07) is 0. The van der Waals surface area contributed by atoms with E-state index >= 15 is 0 Å². The fourth-order valence-electron chi connectivity index (χ4n) is 0.275. The molecule has 10 heavy (non-hydrogen) atoms. The van der Waals surface area contributed by atoms with Crippen LogP contribution in [0.2, 0.25) is 0 Å². The van der Waals surface area contributed by atoms with Crippen molar-refractivity contribution in [3.8, 4) is 0 Å². The van der Waals surface area contributed by atoms with Crippen molar-refractivity contribution >= 4 is 34.8 Å². The third kappa shape index (κ3) is 4.58. The molecule has 0 spiro atoms. The molecule has 0 heterocycles. The molecule has 0 N–H and O–H groups in total. The van der Waals surface area contributed by atoms with Gasteiger partial charge in [-0.2, -0.15) is 5.06 Å². The Morgan fingerprint density at radius 2 is 2.50 bits per heavy atom. The smallest absolute Gasteiger partial charge is 0.329 e. The Morgan fingerprint density at radius 1 is 1.90 bits per heavy atom. The van der Waals surface area contributed by atoms with Gasteiger partial charge in [-0.15, -0.1) is 0 Å². The van der Waals surface area contributed by atoms with E-state index in [-0.39, 0.29) is 5.30 Å². The molecular weight excluding hydrogens is 170 g/mol. The van der Waals surface area contributed by atoms with Crippen LogP contribution in [0.4, 0.5) is 4.79 Å². The van der Waals surface area contributed by atoms with Gasteiger partial charge in [0, 0.05) is 12.8 Å². The van der Waals surface area contributed by atoms with E-state index in [1.165, 1.54) is 7.05 Å². The van der Waals surface area contributed by atoms with E-state index in [0.717, 1.165) is 16.8 Å². The zero-order chi connectivity index (χ0) is 7.98. The summed E-state index contributed by atoms with van der Waals surface area (Å²) < 4.78 is 0. The summed E-state index contributed by atoms with van der Waals surface area (Å²) in [6.07, 6.45) is 0. The molecule has 0 fully saturated rings. The average Bonchev–Trinajstić information content (AvgIpc) is 1.88. The van der Waals surface area contributed by atoms with Crippen molar-refractivity contribution in [1.29, 1.82) is 0 Å².